The molecule has 0 atom stereocenters. The van der Waals surface area contributed by atoms with Gasteiger partial charge in [0.2, 0.25) is 0 Å². The zero-order chi connectivity index (χ0) is 16.6. The number of aromatic nitrogens is 3. The van der Waals surface area contributed by atoms with Gasteiger partial charge in [0.15, 0.2) is 11.3 Å². The lowest BCUT2D eigenvalue weighted by Crippen LogP contribution is -2.09. The van der Waals surface area contributed by atoms with Crippen molar-refractivity contribution >= 4 is 17.1 Å². The maximum atomic E-state index is 13.8. The normalized spacial score (nSPS) is 11.7. The predicted molar refractivity (Wildman–Crippen MR) is 80.2 cm³/mol. The molecule has 1 N–H and O–H groups in total. The first-order valence-corrected chi connectivity index (χ1v) is 6.83. The van der Waals surface area contributed by atoms with Gasteiger partial charge in [0.1, 0.15) is 5.82 Å². The van der Waals surface area contributed by atoms with E-state index in [1.165, 1.54) is 19.2 Å². The van der Waals surface area contributed by atoms with Crippen molar-refractivity contribution in [3.8, 4) is 11.4 Å². The summed E-state index contributed by atoms with van der Waals surface area (Å²) in [4.78, 5) is 22.8. The largest absolute Gasteiger partial charge is 0.464 e. The summed E-state index contributed by atoms with van der Waals surface area (Å²) in [6, 6.07) is 9.22. The Balaban J connectivity index is 2.14. The first-order chi connectivity index (χ1) is 10.9. The number of ether oxygens (including phenoxy) is 1. The molecular formula is C16H13F2N3O2. The minimum atomic E-state index is -3.00. The minimum absolute atomic E-state index is 0.104. The second-order valence-corrected chi connectivity index (χ2v) is 5.08. The number of nitrogens with one attached hydrogen (secondary N) is 1. The van der Waals surface area contributed by atoms with E-state index in [1.807, 2.05) is 0 Å². The monoisotopic (exact) mass is 317 g/mol. The number of halogens is 2. The molecule has 0 aliphatic heterocycles. The van der Waals surface area contributed by atoms with Crippen LogP contribution in [0.1, 0.15) is 23.0 Å². The number of carbonyl (C=O) groups excluding carboxylic acids is 1. The Morgan fingerprint density at radius 1 is 1.17 bits per heavy atom. The van der Waals surface area contributed by atoms with Crippen LogP contribution in [0.2, 0.25) is 0 Å². The number of rotatable bonds is 3. The molecule has 23 heavy (non-hydrogen) atoms. The number of methoxy groups -OCH3 is 1. The number of hydrogen-bond acceptors (Lipinski definition) is 4. The van der Waals surface area contributed by atoms with Crippen LogP contribution in [0.15, 0.2) is 36.4 Å². The number of esters is 1. The maximum Gasteiger partial charge on any atom is 0.356 e. The summed E-state index contributed by atoms with van der Waals surface area (Å²) in [7, 11) is 1.25. The van der Waals surface area contributed by atoms with E-state index in [-0.39, 0.29) is 28.3 Å². The number of benzene rings is 1. The standard InChI is InChI=1S/C16H13F2N3O2/c1-16(17,18)10-6-4-3-5-9(10)13-19-11-7-8-12(15(22)23-2)20-14(11)21-13/h3-8H,1-2H3,(H,19,20,21). The van der Waals surface area contributed by atoms with Crippen LogP contribution in [0, 0.1) is 0 Å². The fourth-order valence-corrected chi connectivity index (χ4v) is 2.31. The highest BCUT2D eigenvalue weighted by Gasteiger charge is 2.28. The van der Waals surface area contributed by atoms with Crippen LogP contribution >= 0.6 is 0 Å². The molecule has 0 aliphatic rings. The zero-order valence-electron chi connectivity index (χ0n) is 12.4. The third-order valence-electron chi connectivity index (χ3n) is 3.40. The van der Waals surface area contributed by atoms with Gasteiger partial charge in [0.05, 0.1) is 12.6 Å². The summed E-state index contributed by atoms with van der Waals surface area (Å²) >= 11 is 0. The fourth-order valence-electron chi connectivity index (χ4n) is 2.31. The van der Waals surface area contributed by atoms with Gasteiger partial charge in [0.25, 0.3) is 5.92 Å². The van der Waals surface area contributed by atoms with E-state index in [0.29, 0.717) is 5.52 Å². The highest BCUT2D eigenvalue weighted by molar-refractivity contribution is 5.90. The molecule has 3 rings (SSSR count). The van der Waals surface area contributed by atoms with Crippen molar-refractivity contribution < 1.29 is 18.3 Å². The molecule has 0 radical (unpaired) electrons. The van der Waals surface area contributed by atoms with E-state index in [1.54, 1.807) is 24.3 Å². The van der Waals surface area contributed by atoms with Gasteiger partial charge in [-0.25, -0.2) is 23.5 Å². The lowest BCUT2D eigenvalue weighted by molar-refractivity contribution is 0.0180. The molecule has 0 aliphatic carbocycles. The summed E-state index contributed by atoms with van der Waals surface area (Å²) in [5.74, 6) is -3.32. The van der Waals surface area contributed by atoms with E-state index >= 15 is 0 Å². The van der Waals surface area contributed by atoms with E-state index in [4.69, 9.17) is 0 Å². The van der Waals surface area contributed by atoms with Crippen molar-refractivity contribution in [2.45, 2.75) is 12.8 Å². The van der Waals surface area contributed by atoms with Crippen molar-refractivity contribution in [2.24, 2.45) is 0 Å². The number of carbonyl (C=O) groups is 1. The van der Waals surface area contributed by atoms with Gasteiger partial charge in [0, 0.05) is 18.1 Å². The minimum Gasteiger partial charge on any atom is -0.464 e. The Morgan fingerprint density at radius 2 is 1.91 bits per heavy atom. The molecule has 5 nitrogen and oxygen atoms in total. The van der Waals surface area contributed by atoms with Crippen LogP contribution < -0.4 is 0 Å². The topological polar surface area (TPSA) is 67.9 Å². The average molecular weight is 317 g/mol. The highest BCUT2D eigenvalue weighted by Crippen LogP contribution is 2.34. The lowest BCUT2D eigenvalue weighted by Gasteiger charge is -2.14. The second kappa shape index (κ2) is 5.42. The number of pyridine rings is 1. The lowest BCUT2D eigenvalue weighted by atomic mass is 10.0. The molecule has 2 aromatic heterocycles. The van der Waals surface area contributed by atoms with Crippen molar-refractivity contribution in [2.75, 3.05) is 7.11 Å². The first kappa shape index (κ1) is 15.1. The van der Waals surface area contributed by atoms with Crippen LogP contribution in [0.4, 0.5) is 8.78 Å². The van der Waals surface area contributed by atoms with Gasteiger partial charge in [-0.1, -0.05) is 24.3 Å². The number of alkyl halides is 2. The first-order valence-electron chi connectivity index (χ1n) is 6.83. The van der Waals surface area contributed by atoms with Crippen molar-refractivity contribution in [3.63, 3.8) is 0 Å². The van der Waals surface area contributed by atoms with Gasteiger partial charge < -0.3 is 9.72 Å². The van der Waals surface area contributed by atoms with Gasteiger partial charge in [-0.05, 0) is 12.1 Å². The van der Waals surface area contributed by atoms with E-state index in [9.17, 15) is 13.6 Å². The number of imidazole rings is 1. The summed E-state index contributed by atoms with van der Waals surface area (Å²) in [6.45, 7) is 0.835. The Morgan fingerprint density at radius 3 is 2.61 bits per heavy atom. The summed E-state index contributed by atoms with van der Waals surface area (Å²) in [6.07, 6.45) is 0. The SMILES string of the molecule is COC(=O)c1ccc2[nH]c(-c3ccccc3C(C)(F)F)nc2n1. The van der Waals surface area contributed by atoms with Crippen molar-refractivity contribution in [3.05, 3.63) is 47.7 Å². The Kier molecular flexibility index (Phi) is 3.55. The third kappa shape index (κ3) is 2.77. The Labute approximate surface area is 130 Å². The number of hydrogen-bond donors (Lipinski definition) is 1. The van der Waals surface area contributed by atoms with Crippen LogP contribution in [-0.2, 0) is 10.7 Å². The molecule has 0 unspecified atom stereocenters. The van der Waals surface area contributed by atoms with Gasteiger partial charge >= 0.3 is 5.97 Å². The number of nitrogens with zero attached hydrogens (tertiary/aromatic N) is 2. The molecule has 0 spiro atoms. The zero-order valence-corrected chi connectivity index (χ0v) is 12.4. The summed E-state index contributed by atoms with van der Waals surface area (Å²) in [5, 5.41) is 0. The average Bonchev–Trinajstić information content (AvgIpc) is 2.96. The molecule has 0 amide bonds. The molecule has 3 aromatic rings. The molecule has 0 saturated carbocycles. The number of fused-ring (bicyclic) bond motifs is 1. The Bertz CT molecular complexity index is 884. The molecule has 2 heterocycles. The van der Waals surface area contributed by atoms with Crippen LogP contribution in [0.5, 0.6) is 0 Å². The second-order valence-electron chi connectivity index (χ2n) is 5.08. The Hall–Kier alpha value is -2.83. The molecule has 0 bridgehead atoms. The van der Waals surface area contributed by atoms with Crippen LogP contribution in [-0.4, -0.2) is 28.0 Å². The van der Waals surface area contributed by atoms with Gasteiger partial charge in [-0.3, -0.25) is 0 Å². The molecular weight excluding hydrogens is 304 g/mol. The predicted octanol–water partition coefficient (Wildman–Crippen LogP) is 3.52. The van der Waals surface area contributed by atoms with Gasteiger partial charge in [-0.15, -0.1) is 0 Å². The van der Waals surface area contributed by atoms with Crippen LogP contribution in [0.3, 0.4) is 0 Å². The van der Waals surface area contributed by atoms with Crippen molar-refractivity contribution in [1.82, 2.24) is 15.0 Å². The highest BCUT2D eigenvalue weighted by atomic mass is 19.3. The van der Waals surface area contributed by atoms with E-state index < -0.39 is 11.9 Å². The molecule has 7 heteroatoms. The fraction of sp³-hybridized carbons (Fsp3) is 0.188. The summed E-state index contributed by atoms with van der Waals surface area (Å²) in [5.41, 5.74) is 1.07. The molecule has 118 valence electrons. The van der Waals surface area contributed by atoms with Crippen LogP contribution in [0.25, 0.3) is 22.6 Å². The quantitative estimate of drug-likeness (QED) is 0.750. The molecule has 1 aromatic carbocycles. The summed E-state index contributed by atoms with van der Waals surface area (Å²) < 4.78 is 32.1. The van der Waals surface area contributed by atoms with Crippen molar-refractivity contribution in [1.29, 1.82) is 0 Å². The van der Waals surface area contributed by atoms with Gasteiger partial charge in [-0.2, -0.15) is 0 Å². The maximum absolute atomic E-state index is 13.8. The molecule has 0 saturated heterocycles. The smallest absolute Gasteiger partial charge is 0.356 e. The number of H-pyrrole nitrogens is 1. The van der Waals surface area contributed by atoms with E-state index in [2.05, 4.69) is 19.7 Å². The van der Waals surface area contributed by atoms with E-state index in [0.717, 1.165) is 6.92 Å². The third-order valence-corrected chi connectivity index (χ3v) is 3.40. The number of aromatic amines is 1. The molecule has 0 fully saturated rings.